The maximum absolute atomic E-state index is 5.76. The second-order valence-corrected chi connectivity index (χ2v) is 10.4. The van der Waals surface area contributed by atoms with E-state index in [4.69, 9.17) is 4.74 Å². The fourth-order valence-electron chi connectivity index (χ4n) is 2.26. The molecule has 0 aromatic heterocycles. The SMILES string of the molecule is CC[Si](C#CC(C)COCc1ccccc1)(CC)CC. The zero-order valence-electron chi connectivity index (χ0n) is 13.4. The average Bonchev–Trinajstić information content (AvgIpc) is 2.50. The first-order chi connectivity index (χ1) is 9.65. The molecule has 0 N–H and O–H groups in total. The molecule has 1 atom stereocenters. The number of hydrogen-bond acceptors (Lipinski definition) is 1. The summed E-state index contributed by atoms with van der Waals surface area (Å²) in [6, 6.07) is 14.1. The third-order valence-corrected chi connectivity index (χ3v) is 8.83. The van der Waals surface area contributed by atoms with Crippen LogP contribution in [0.1, 0.15) is 33.3 Å². The van der Waals surface area contributed by atoms with Gasteiger partial charge in [0.05, 0.1) is 13.2 Å². The molecule has 0 saturated heterocycles. The lowest BCUT2D eigenvalue weighted by Gasteiger charge is -2.20. The van der Waals surface area contributed by atoms with Crippen molar-refractivity contribution in [2.45, 2.75) is 52.4 Å². The van der Waals surface area contributed by atoms with E-state index in [1.165, 1.54) is 23.7 Å². The van der Waals surface area contributed by atoms with Crippen molar-refractivity contribution in [3.05, 3.63) is 35.9 Å². The summed E-state index contributed by atoms with van der Waals surface area (Å²) in [5.41, 5.74) is 4.87. The molecule has 0 saturated carbocycles. The van der Waals surface area contributed by atoms with Gasteiger partial charge in [-0.15, -0.1) is 11.5 Å². The maximum Gasteiger partial charge on any atom is 0.137 e. The highest BCUT2D eigenvalue weighted by Crippen LogP contribution is 2.19. The van der Waals surface area contributed by atoms with Crippen LogP contribution in [-0.4, -0.2) is 14.7 Å². The van der Waals surface area contributed by atoms with E-state index in [1.807, 2.05) is 18.2 Å². The first-order valence-electron chi connectivity index (χ1n) is 7.80. The molecule has 1 nitrogen and oxygen atoms in total. The van der Waals surface area contributed by atoms with Gasteiger partial charge in [-0.25, -0.2) is 0 Å². The van der Waals surface area contributed by atoms with Crippen molar-refractivity contribution in [3.8, 4) is 11.5 Å². The van der Waals surface area contributed by atoms with E-state index in [1.54, 1.807) is 0 Å². The van der Waals surface area contributed by atoms with E-state index in [0.29, 0.717) is 12.5 Å². The van der Waals surface area contributed by atoms with Crippen molar-refractivity contribution in [2.75, 3.05) is 6.61 Å². The van der Waals surface area contributed by atoms with Crippen molar-refractivity contribution in [1.82, 2.24) is 0 Å². The summed E-state index contributed by atoms with van der Waals surface area (Å²) in [7, 11) is -1.30. The van der Waals surface area contributed by atoms with Crippen LogP contribution in [0.5, 0.6) is 0 Å². The molecule has 0 aliphatic rings. The normalized spacial score (nSPS) is 12.6. The third-order valence-electron chi connectivity index (χ3n) is 4.09. The Morgan fingerprint density at radius 3 is 2.20 bits per heavy atom. The van der Waals surface area contributed by atoms with E-state index in [-0.39, 0.29) is 0 Å². The molecule has 0 spiro atoms. The van der Waals surface area contributed by atoms with E-state index in [9.17, 15) is 0 Å². The van der Waals surface area contributed by atoms with Gasteiger partial charge >= 0.3 is 0 Å². The van der Waals surface area contributed by atoms with E-state index >= 15 is 0 Å². The number of ether oxygens (including phenoxy) is 1. The van der Waals surface area contributed by atoms with E-state index in [2.05, 4.69) is 51.3 Å². The summed E-state index contributed by atoms with van der Waals surface area (Å²) in [6.07, 6.45) is 0. The Morgan fingerprint density at radius 1 is 1.05 bits per heavy atom. The average molecular weight is 289 g/mol. The Kier molecular flexibility index (Phi) is 7.65. The van der Waals surface area contributed by atoms with Crippen molar-refractivity contribution < 1.29 is 4.74 Å². The van der Waals surface area contributed by atoms with Crippen LogP contribution in [0, 0.1) is 17.4 Å². The van der Waals surface area contributed by atoms with Gasteiger partial charge in [0.1, 0.15) is 8.07 Å². The van der Waals surface area contributed by atoms with E-state index in [0.717, 1.165) is 6.61 Å². The molecular weight excluding hydrogens is 260 g/mol. The quantitative estimate of drug-likeness (QED) is 0.513. The first-order valence-corrected chi connectivity index (χ1v) is 10.4. The molecule has 1 aromatic carbocycles. The Bertz CT molecular complexity index is 417. The van der Waals surface area contributed by atoms with Crippen molar-refractivity contribution in [3.63, 3.8) is 0 Å². The predicted molar refractivity (Wildman–Crippen MR) is 90.2 cm³/mol. The minimum Gasteiger partial charge on any atom is -0.376 e. The fraction of sp³-hybridized carbons (Fsp3) is 0.556. The largest absolute Gasteiger partial charge is 0.376 e. The van der Waals surface area contributed by atoms with Gasteiger partial charge in [-0.2, -0.15) is 0 Å². The zero-order chi connectivity index (χ0) is 14.8. The highest BCUT2D eigenvalue weighted by atomic mass is 28.3. The topological polar surface area (TPSA) is 9.23 Å². The lowest BCUT2D eigenvalue weighted by atomic mass is 10.2. The van der Waals surface area contributed by atoms with E-state index < -0.39 is 8.07 Å². The number of rotatable bonds is 7. The highest BCUT2D eigenvalue weighted by Gasteiger charge is 2.24. The van der Waals surface area contributed by atoms with Crippen molar-refractivity contribution in [1.29, 1.82) is 0 Å². The molecule has 1 rings (SSSR count). The van der Waals surface area contributed by atoms with Gasteiger partial charge in [0, 0.05) is 5.92 Å². The van der Waals surface area contributed by atoms with Crippen molar-refractivity contribution in [2.24, 2.45) is 5.92 Å². The third kappa shape index (κ3) is 5.52. The molecule has 2 heteroatoms. The Hall–Kier alpha value is -1.04. The molecule has 0 heterocycles. The molecule has 0 aliphatic heterocycles. The van der Waals surface area contributed by atoms with Crippen LogP contribution in [0.2, 0.25) is 18.1 Å². The molecule has 1 unspecified atom stereocenters. The Balaban J connectivity index is 2.42. The van der Waals surface area contributed by atoms with Crippen molar-refractivity contribution >= 4 is 8.07 Å². The van der Waals surface area contributed by atoms with Gasteiger partial charge in [-0.05, 0) is 30.6 Å². The second kappa shape index (κ2) is 9.00. The fourth-order valence-corrected chi connectivity index (χ4v) is 4.84. The summed E-state index contributed by atoms with van der Waals surface area (Å²) in [5.74, 6) is 3.78. The number of hydrogen-bond donors (Lipinski definition) is 0. The molecule has 0 bridgehead atoms. The van der Waals surface area contributed by atoms with Crippen LogP contribution in [-0.2, 0) is 11.3 Å². The van der Waals surface area contributed by atoms with Crippen LogP contribution in [0.15, 0.2) is 30.3 Å². The predicted octanol–water partition coefficient (Wildman–Crippen LogP) is 4.89. The van der Waals surface area contributed by atoms with Crippen LogP contribution >= 0.6 is 0 Å². The second-order valence-electron chi connectivity index (χ2n) is 5.51. The summed E-state index contributed by atoms with van der Waals surface area (Å²) >= 11 is 0. The molecule has 0 amide bonds. The van der Waals surface area contributed by atoms with Crippen LogP contribution < -0.4 is 0 Å². The minimum atomic E-state index is -1.30. The molecule has 20 heavy (non-hydrogen) atoms. The molecule has 1 aromatic rings. The van der Waals surface area contributed by atoms with Gasteiger partial charge in [-0.3, -0.25) is 0 Å². The monoisotopic (exact) mass is 288 g/mol. The van der Waals surface area contributed by atoms with Gasteiger partial charge in [0.15, 0.2) is 0 Å². The Morgan fingerprint density at radius 2 is 1.65 bits per heavy atom. The molecular formula is C18H28OSi. The summed E-state index contributed by atoms with van der Waals surface area (Å²) in [4.78, 5) is 0. The lowest BCUT2D eigenvalue weighted by Crippen LogP contribution is -2.29. The molecule has 0 fully saturated rings. The number of benzene rings is 1. The molecule has 110 valence electrons. The smallest absolute Gasteiger partial charge is 0.137 e. The van der Waals surface area contributed by atoms with Crippen LogP contribution in [0.25, 0.3) is 0 Å². The maximum atomic E-state index is 5.76. The van der Waals surface area contributed by atoms with Crippen LogP contribution in [0.4, 0.5) is 0 Å². The first kappa shape index (κ1) is 17.0. The highest BCUT2D eigenvalue weighted by molar-refractivity contribution is 6.87. The van der Waals surface area contributed by atoms with Gasteiger partial charge in [-0.1, -0.05) is 51.1 Å². The molecule has 0 radical (unpaired) electrons. The van der Waals surface area contributed by atoms with Gasteiger partial charge in [0.25, 0.3) is 0 Å². The standard InChI is InChI=1S/C18H28OSi/c1-5-20(6-2,7-3)14-13-17(4)15-19-16-18-11-9-8-10-12-18/h8-12,17H,5-7,15-16H2,1-4H3. The summed E-state index contributed by atoms with van der Waals surface area (Å²) in [5, 5.41) is 0. The van der Waals surface area contributed by atoms with Gasteiger partial charge < -0.3 is 4.74 Å². The van der Waals surface area contributed by atoms with Gasteiger partial charge in [0.2, 0.25) is 0 Å². The minimum absolute atomic E-state index is 0.329. The molecule has 0 aliphatic carbocycles. The lowest BCUT2D eigenvalue weighted by molar-refractivity contribution is 0.106. The van der Waals surface area contributed by atoms with Crippen LogP contribution in [0.3, 0.4) is 0 Å². The summed E-state index contributed by atoms with van der Waals surface area (Å²) < 4.78 is 5.76. The summed E-state index contributed by atoms with van der Waals surface area (Å²) in [6.45, 7) is 10.5. The zero-order valence-corrected chi connectivity index (χ0v) is 14.4. The Labute approximate surface area is 125 Å².